The zero-order valence-corrected chi connectivity index (χ0v) is 16.2. The summed E-state index contributed by atoms with van der Waals surface area (Å²) in [4.78, 5) is 4.69. The molecular formula is C25H22FNO. The molecule has 0 unspecified atom stereocenters. The maximum atomic E-state index is 13.9. The second-order valence-electron chi connectivity index (χ2n) is 7.92. The lowest BCUT2D eigenvalue weighted by Crippen LogP contribution is -2.10. The van der Waals surface area contributed by atoms with Crippen molar-refractivity contribution >= 4 is 10.8 Å². The summed E-state index contributed by atoms with van der Waals surface area (Å²) < 4.78 is 20.0. The minimum absolute atomic E-state index is 0.0693. The third kappa shape index (κ3) is 3.74. The second-order valence-corrected chi connectivity index (χ2v) is 7.92. The molecule has 140 valence electrons. The zero-order chi connectivity index (χ0) is 19.7. The van der Waals surface area contributed by atoms with Crippen molar-refractivity contribution in [2.75, 3.05) is 0 Å². The molecule has 0 N–H and O–H groups in total. The Morgan fingerprint density at radius 1 is 0.821 bits per heavy atom. The Morgan fingerprint density at radius 3 is 2.21 bits per heavy atom. The fraction of sp³-hybridized carbons (Fsp3) is 0.160. The number of fused-ring (bicyclic) bond motifs is 1. The molecule has 4 rings (SSSR count). The van der Waals surface area contributed by atoms with Crippen LogP contribution < -0.4 is 4.74 Å². The predicted molar refractivity (Wildman–Crippen MR) is 112 cm³/mol. The number of benzene rings is 3. The number of ether oxygens (including phenoxy) is 1. The van der Waals surface area contributed by atoms with Crippen molar-refractivity contribution in [2.45, 2.75) is 26.2 Å². The van der Waals surface area contributed by atoms with Gasteiger partial charge in [0.15, 0.2) is 0 Å². The molecule has 2 nitrogen and oxygen atoms in total. The molecule has 0 aliphatic rings. The van der Waals surface area contributed by atoms with Gasteiger partial charge in [0.25, 0.3) is 0 Å². The maximum absolute atomic E-state index is 13.9. The van der Waals surface area contributed by atoms with Gasteiger partial charge < -0.3 is 4.74 Å². The summed E-state index contributed by atoms with van der Waals surface area (Å²) >= 11 is 0. The van der Waals surface area contributed by atoms with Crippen LogP contribution in [0.4, 0.5) is 4.39 Å². The Morgan fingerprint density at radius 2 is 1.54 bits per heavy atom. The van der Waals surface area contributed by atoms with Crippen molar-refractivity contribution in [3.05, 3.63) is 90.2 Å². The first kappa shape index (κ1) is 18.2. The first-order chi connectivity index (χ1) is 13.4. The van der Waals surface area contributed by atoms with E-state index in [9.17, 15) is 4.39 Å². The summed E-state index contributed by atoms with van der Waals surface area (Å²) in [5.41, 5.74) is 3.07. The predicted octanol–water partition coefficient (Wildman–Crippen LogP) is 7.13. The monoisotopic (exact) mass is 371 g/mol. The first-order valence-electron chi connectivity index (χ1n) is 9.34. The Balaban J connectivity index is 1.79. The summed E-state index contributed by atoms with van der Waals surface area (Å²) in [6.45, 7) is 6.51. The molecule has 0 saturated heterocycles. The molecule has 0 atom stereocenters. The number of rotatable bonds is 3. The normalized spacial score (nSPS) is 11.6. The molecule has 3 heteroatoms. The molecular weight excluding hydrogens is 349 g/mol. The molecule has 0 amide bonds. The van der Waals surface area contributed by atoms with E-state index in [0.29, 0.717) is 17.0 Å². The minimum Gasteiger partial charge on any atom is -0.438 e. The smallest absolute Gasteiger partial charge is 0.227 e. The quantitative estimate of drug-likeness (QED) is 0.382. The van der Waals surface area contributed by atoms with E-state index in [-0.39, 0.29) is 11.2 Å². The molecule has 0 bridgehead atoms. The summed E-state index contributed by atoms with van der Waals surface area (Å²) in [6, 6.07) is 24.5. The van der Waals surface area contributed by atoms with Crippen LogP contribution >= 0.6 is 0 Å². The fourth-order valence-electron chi connectivity index (χ4n) is 3.16. The van der Waals surface area contributed by atoms with Gasteiger partial charge in [-0.15, -0.1) is 0 Å². The Bertz CT molecular complexity index is 1110. The van der Waals surface area contributed by atoms with Crippen molar-refractivity contribution in [3.8, 4) is 22.9 Å². The van der Waals surface area contributed by atoms with Gasteiger partial charge in [0.05, 0.1) is 5.69 Å². The highest BCUT2D eigenvalue weighted by Crippen LogP contribution is 2.33. The average molecular weight is 371 g/mol. The molecule has 0 saturated carbocycles. The molecule has 0 aliphatic heterocycles. The number of hydrogen-bond donors (Lipinski definition) is 0. The third-order valence-corrected chi connectivity index (χ3v) is 4.76. The first-order valence-corrected chi connectivity index (χ1v) is 9.34. The van der Waals surface area contributed by atoms with Crippen molar-refractivity contribution in [2.24, 2.45) is 0 Å². The molecule has 0 fully saturated rings. The van der Waals surface area contributed by atoms with Crippen LogP contribution in [0.25, 0.3) is 22.0 Å². The van der Waals surface area contributed by atoms with E-state index in [1.54, 1.807) is 6.07 Å². The van der Waals surface area contributed by atoms with Gasteiger partial charge in [-0.3, -0.25) is 0 Å². The van der Waals surface area contributed by atoms with Crippen LogP contribution in [0, 0.1) is 5.82 Å². The summed E-state index contributed by atoms with van der Waals surface area (Å²) in [5, 5.41) is 1.54. The molecule has 0 aliphatic carbocycles. The molecule has 1 heterocycles. The standard InChI is InChI=1S/C25H22FNO/c1-25(2,3)19-10-13-21(14-11-19)28-24-22-16-20(26)12-9-18(22)15-23(27-24)17-7-5-4-6-8-17/h4-16H,1-3H3. The summed E-state index contributed by atoms with van der Waals surface area (Å²) in [6.07, 6.45) is 0. The SMILES string of the molecule is CC(C)(C)c1ccc(Oc2nc(-c3ccccc3)cc3ccc(F)cc23)cc1. The highest BCUT2D eigenvalue weighted by molar-refractivity contribution is 5.90. The van der Waals surface area contributed by atoms with Crippen LogP contribution in [-0.2, 0) is 5.41 Å². The molecule has 3 aromatic carbocycles. The largest absolute Gasteiger partial charge is 0.438 e. The highest BCUT2D eigenvalue weighted by atomic mass is 19.1. The number of pyridine rings is 1. The van der Waals surface area contributed by atoms with Gasteiger partial charge in [-0.05, 0) is 46.7 Å². The minimum atomic E-state index is -0.310. The highest BCUT2D eigenvalue weighted by Gasteiger charge is 2.14. The fourth-order valence-corrected chi connectivity index (χ4v) is 3.16. The van der Waals surface area contributed by atoms with Gasteiger partial charge in [0.1, 0.15) is 11.6 Å². The topological polar surface area (TPSA) is 22.1 Å². The van der Waals surface area contributed by atoms with Crippen LogP contribution in [0.2, 0.25) is 0 Å². The van der Waals surface area contributed by atoms with Crippen LogP contribution in [0.15, 0.2) is 78.9 Å². The maximum Gasteiger partial charge on any atom is 0.227 e. The number of hydrogen-bond acceptors (Lipinski definition) is 2. The molecule has 0 radical (unpaired) electrons. The third-order valence-electron chi connectivity index (χ3n) is 4.76. The van der Waals surface area contributed by atoms with E-state index in [1.165, 1.54) is 17.7 Å². The van der Waals surface area contributed by atoms with Crippen LogP contribution in [-0.4, -0.2) is 4.98 Å². The average Bonchev–Trinajstić information content (AvgIpc) is 2.68. The van der Waals surface area contributed by atoms with E-state index in [1.807, 2.05) is 48.5 Å². The molecule has 1 aromatic heterocycles. The molecule has 28 heavy (non-hydrogen) atoms. The zero-order valence-electron chi connectivity index (χ0n) is 16.2. The Labute approximate surface area is 164 Å². The van der Waals surface area contributed by atoms with Crippen LogP contribution in [0.1, 0.15) is 26.3 Å². The van der Waals surface area contributed by atoms with E-state index in [0.717, 1.165) is 16.6 Å². The molecule has 4 aromatic rings. The summed E-state index contributed by atoms with van der Waals surface area (Å²) in [7, 11) is 0. The van der Waals surface area contributed by atoms with Crippen LogP contribution in [0.5, 0.6) is 11.6 Å². The van der Waals surface area contributed by atoms with Gasteiger partial charge in [-0.25, -0.2) is 9.37 Å². The van der Waals surface area contributed by atoms with Gasteiger partial charge in [0.2, 0.25) is 5.88 Å². The number of halogens is 1. The molecule has 0 spiro atoms. The van der Waals surface area contributed by atoms with Crippen LogP contribution in [0.3, 0.4) is 0 Å². The second kappa shape index (κ2) is 7.08. The lowest BCUT2D eigenvalue weighted by molar-refractivity contribution is 0.468. The van der Waals surface area contributed by atoms with Crippen molar-refractivity contribution in [1.82, 2.24) is 4.98 Å². The summed E-state index contributed by atoms with van der Waals surface area (Å²) in [5.74, 6) is 0.769. The van der Waals surface area contributed by atoms with Gasteiger partial charge in [-0.2, -0.15) is 0 Å². The Hall–Kier alpha value is -3.20. The number of nitrogens with zero attached hydrogens (tertiary/aromatic N) is 1. The lowest BCUT2D eigenvalue weighted by atomic mass is 9.87. The van der Waals surface area contributed by atoms with E-state index >= 15 is 0 Å². The van der Waals surface area contributed by atoms with Crippen molar-refractivity contribution in [3.63, 3.8) is 0 Å². The van der Waals surface area contributed by atoms with Crippen molar-refractivity contribution in [1.29, 1.82) is 0 Å². The lowest BCUT2D eigenvalue weighted by Gasteiger charge is -2.19. The van der Waals surface area contributed by atoms with Gasteiger partial charge in [0, 0.05) is 10.9 Å². The van der Waals surface area contributed by atoms with Gasteiger partial charge in [-0.1, -0.05) is 69.3 Å². The van der Waals surface area contributed by atoms with Crippen molar-refractivity contribution < 1.29 is 9.13 Å². The Kier molecular flexibility index (Phi) is 4.60. The van der Waals surface area contributed by atoms with E-state index in [4.69, 9.17) is 4.74 Å². The van der Waals surface area contributed by atoms with E-state index < -0.39 is 0 Å². The van der Waals surface area contributed by atoms with E-state index in [2.05, 4.69) is 37.9 Å². The van der Waals surface area contributed by atoms with Gasteiger partial charge >= 0.3 is 0 Å². The number of aromatic nitrogens is 1.